The summed E-state index contributed by atoms with van der Waals surface area (Å²) in [5.74, 6) is 0.595. The lowest BCUT2D eigenvalue weighted by Crippen LogP contribution is -2.38. The van der Waals surface area contributed by atoms with Gasteiger partial charge in [-0.15, -0.1) is 0 Å². The second-order valence-electron chi connectivity index (χ2n) is 6.07. The third kappa shape index (κ3) is 3.67. The SMILES string of the molecule is C[C@H](CC(=O)Nc1ccnc2ccnn12)NC(=O)C1CCCC1. The Morgan fingerprint density at radius 3 is 2.87 bits per heavy atom. The van der Waals surface area contributed by atoms with Crippen molar-refractivity contribution in [1.29, 1.82) is 0 Å². The van der Waals surface area contributed by atoms with Crippen molar-refractivity contribution in [3.8, 4) is 0 Å². The van der Waals surface area contributed by atoms with Gasteiger partial charge in [-0.2, -0.15) is 9.61 Å². The molecule has 0 aliphatic heterocycles. The van der Waals surface area contributed by atoms with Gasteiger partial charge in [0.15, 0.2) is 5.65 Å². The molecule has 0 unspecified atom stereocenters. The minimum Gasteiger partial charge on any atom is -0.353 e. The van der Waals surface area contributed by atoms with Crippen LogP contribution in [0.5, 0.6) is 0 Å². The summed E-state index contributed by atoms with van der Waals surface area (Å²) in [7, 11) is 0. The van der Waals surface area contributed by atoms with Gasteiger partial charge in [0.05, 0.1) is 6.20 Å². The monoisotopic (exact) mass is 315 g/mol. The van der Waals surface area contributed by atoms with Crippen molar-refractivity contribution >= 4 is 23.3 Å². The molecule has 0 saturated heterocycles. The van der Waals surface area contributed by atoms with Crippen LogP contribution < -0.4 is 10.6 Å². The Balaban J connectivity index is 1.54. The van der Waals surface area contributed by atoms with E-state index in [4.69, 9.17) is 0 Å². The van der Waals surface area contributed by atoms with Crippen molar-refractivity contribution in [2.75, 3.05) is 5.32 Å². The molecular weight excluding hydrogens is 294 g/mol. The zero-order valence-electron chi connectivity index (χ0n) is 13.2. The summed E-state index contributed by atoms with van der Waals surface area (Å²) < 4.78 is 1.57. The van der Waals surface area contributed by atoms with Crippen LogP contribution in [0.1, 0.15) is 39.0 Å². The van der Waals surface area contributed by atoms with Gasteiger partial charge < -0.3 is 10.6 Å². The molecule has 3 rings (SSSR count). The van der Waals surface area contributed by atoms with Crippen molar-refractivity contribution in [3.05, 3.63) is 24.5 Å². The highest BCUT2D eigenvalue weighted by Crippen LogP contribution is 2.24. The molecule has 122 valence electrons. The normalized spacial score (nSPS) is 16.4. The Bertz CT molecular complexity index is 705. The zero-order chi connectivity index (χ0) is 16.2. The van der Waals surface area contributed by atoms with Crippen molar-refractivity contribution in [2.45, 2.75) is 45.1 Å². The van der Waals surface area contributed by atoms with Crippen LogP contribution in [0.25, 0.3) is 5.65 Å². The summed E-state index contributed by atoms with van der Waals surface area (Å²) in [6.07, 6.45) is 7.63. The summed E-state index contributed by atoms with van der Waals surface area (Å²) in [5, 5.41) is 9.87. The highest BCUT2D eigenvalue weighted by Gasteiger charge is 2.24. The number of hydrogen-bond acceptors (Lipinski definition) is 4. The van der Waals surface area contributed by atoms with Crippen LogP contribution in [0.4, 0.5) is 5.82 Å². The molecular formula is C16H21N5O2. The topological polar surface area (TPSA) is 88.4 Å². The van der Waals surface area contributed by atoms with Gasteiger partial charge in [-0.3, -0.25) is 9.59 Å². The van der Waals surface area contributed by atoms with Crippen molar-refractivity contribution in [3.63, 3.8) is 0 Å². The summed E-state index contributed by atoms with van der Waals surface area (Å²) in [6, 6.07) is 3.26. The molecule has 0 radical (unpaired) electrons. The van der Waals surface area contributed by atoms with Gasteiger partial charge in [0.1, 0.15) is 5.82 Å². The Morgan fingerprint density at radius 2 is 2.09 bits per heavy atom. The lowest BCUT2D eigenvalue weighted by molar-refractivity contribution is -0.125. The fourth-order valence-electron chi connectivity index (χ4n) is 3.00. The Morgan fingerprint density at radius 1 is 1.30 bits per heavy atom. The molecule has 1 atom stereocenters. The van der Waals surface area contributed by atoms with Crippen LogP contribution in [0.15, 0.2) is 24.5 Å². The second-order valence-corrected chi connectivity index (χ2v) is 6.07. The van der Waals surface area contributed by atoms with E-state index in [0.29, 0.717) is 11.5 Å². The number of rotatable bonds is 5. The first-order chi connectivity index (χ1) is 11.1. The predicted octanol–water partition coefficient (Wildman–Crippen LogP) is 1.75. The average molecular weight is 315 g/mol. The first-order valence-electron chi connectivity index (χ1n) is 8.02. The summed E-state index contributed by atoms with van der Waals surface area (Å²) in [6.45, 7) is 1.85. The number of aromatic nitrogens is 3. The molecule has 2 aromatic heterocycles. The van der Waals surface area contributed by atoms with Crippen LogP contribution in [0.3, 0.4) is 0 Å². The van der Waals surface area contributed by atoms with Gasteiger partial charge >= 0.3 is 0 Å². The van der Waals surface area contributed by atoms with E-state index in [-0.39, 0.29) is 30.2 Å². The molecule has 7 nitrogen and oxygen atoms in total. The Labute approximate surface area is 134 Å². The van der Waals surface area contributed by atoms with E-state index in [1.807, 2.05) is 6.92 Å². The number of hydrogen-bond donors (Lipinski definition) is 2. The minimum atomic E-state index is -0.196. The molecule has 1 saturated carbocycles. The summed E-state index contributed by atoms with van der Waals surface area (Å²) >= 11 is 0. The zero-order valence-corrected chi connectivity index (χ0v) is 13.2. The van der Waals surface area contributed by atoms with Gasteiger partial charge in [-0.1, -0.05) is 12.8 Å². The van der Waals surface area contributed by atoms with Crippen LogP contribution >= 0.6 is 0 Å². The molecule has 1 aliphatic carbocycles. The standard InChI is InChI=1S/C16H21N5O2/c1-11(19-16(23)12-4-2-3-5-12)10-15(22)20-14-6-8-17-13-7-9-18-21(13)14/h6-9,11-12H,2-5,10H2,1H3,(H,19,23)(H,20,22)/t11-/m1/s1. The van der Waals surface area contributed by atoms with Gasteiger partial charge in [-0.25, -0.2) is 4.98 Å². The minimum absolute atomic E-state index is 0.0705. The van der Waals surface area contributed by atoms with Crippen LogP contribution in [0.2, 0.25) is 0 Å². The smallest absolute Gasteiger partial charge is 0.227 e. The molecule has 0 spiro atoms. The lowest BCUT2D eigenvalue weighted by Gasteiger charge is -2.16. The van der Waals surface area contributed by atoms with E-state index in [9.17, 15) is 9.59 Å². The van der Waals surface area contributed by atoms with E-state index < -0.39 is 0 Å². The molecule has 1 fully saturated rings. The van der Waals surface area contributed by atoms with E-state index in [1.165, 1.54) is 0 Å². The molecule has 2 N–H and O–H groups in total. The maximum absolute atomic E-state index is 12.2. The summed E-state index contributed by atoms with van der Waals surface area (Å²) in [5.41, 5.74) is 0.672. The van der Waals surface area contributed by atoms with E-state index in [0.717, 1.165) is 25.7 Å². The fraction of sp³-hybridized carbons (Fsp3) is 0.500. The maximum atomic E-state index is 12.2. The predicted molar refractivity (Wildman–Crippen MR) is 85.8 cm³/mol. The van der Waals surface area contributed by atoms with E-state index in [2.05, 4.69) is 20.7 Å². The summed E-state index contributed by atoms with van der Waals surface area (Å²) in [4.78, 5) is 28.4. The van der Waals surface area contributed by atoms with Crippen LogP contribution in [0, 0.1) is 5.92 Å². The Hall–Kier alpha value is -2.44. The van der Waals surface area contributed by atoms with E-state index >= 15 is 0 Å². The molecule has 2 heterocycles. The average Bonchev–Trinajstić information content (AvgIpc) is 3.19. The molecule has 2 aromatic rings. The highest BCUT2D eigenvalue weighted by atomic mass is 16.2. The molecule has 0 bridgehead atoms. The number of carbonyl (C=O) groups excluding carboxylic acids is 2. The van der Waals surface area contributed by atoms with Crippen molar-refractivity contribution in [1.82, 2.24) is 19.9 Å². The van der Waals surface area contributed by atoms with Crippen molar-refractivity contribution in [2.24, 2.45) is 5.92 Å². The number of nitrogens with one attached hydrogen (secondary N) is 2. The first kappa shape index (κ1) is 15.5. The number of fused-ring (bicyclic) bond motifs is 1. The fourth-order valence-corrected chi connectivity index (χ4v) is 3.00. The lowest BCUT2D eigenvalue weighted by atomic mass is 10.1. The molecule has 2 amide bonds. The third-order valence-corrected chi connectivity index (χ3v) is 4.16. The first-order valence-corrected chi connectivity index (χ1v) is 8.02. The van der Waals surface area contributed by atoms with Gasteiger partial charge in [-0.05, 0) is 25.8 Å². The molecule has 1 aliphatic rings. The maximum Gasteiger partial charge on any atom is 0.227 e. The third-order valence-electron chi connectivity index (χ3n) is 4.16. The highest BCUT2D eigenvalue weighted by molar-refractivity contribution is 5.91. The van der Waals surface area contributed by atoms with E-state index in [1.54, 1.807) is 29.0 Å². The van der Waals surface area contributed by atoms with Crippen LogP contribution in [-0.4, -0.2) is 32.5 Å². The van der Waals surface area contributed by atoms with Crippen LogP contribution in [-0.2, 0) is 9.59 Å². The molecule has 7 heteroatoms. The number of nitrogens with zero attached hydrogens (tertiary/aromatic N) is 3. The second kappa shape index (κ2) is 6.76. The molecule has 23 heavy (non-hydrogen) atoms. The van der Waals surface area contributed by atoms with Gasteiger partial charge in [0.25, 0.3) is 0 Å². The number of anilines is 1. The van der Waals surface area contributed by atoms with Gasteiger partial charge in [0.2, 0.25) is 11.8 Å². The Kier molecular flexibility index (Phi) is 4.55. The van der Waals surface area contributed by atoms with Gasteiger partial charge in [0, 0.05) is 30.6 Å². The quantitative estimate of drug-likeness (QED) is 0.880. The number of amides is 2. The number of carbonyl (C=O) groups is 2. The van der Waals surface area contributed by atoms with Crippen molar-refractivity contribution < 1.29 is 9.59 Å². The molecule has 0 aromatic carbocycles. The largest absolute Gasteiger partial charge is 0.353 e.